The van der Waals surface area contributed by atoms with Crippen LogP contribution in [0.2, 0.25) is 5.02 Å². The van der Waals surface area contributed by atoms with Gasteiger partial charge in [0.2, 0.25) is 0 Å². The smallest absolute Gasteiger partial charge is 0.260 e. The van der Waals surface area contributed by atoms with Crippen LogP contribution in [-0.4, -0.2) is 43.6 Å². The SMILES string of the molecule is O=C(COc1cccc(Cl)c1)N1CCC[C@@]2(CCNC2)C1. The standard InChI is InChI=1S/C16H21ClN2O2/c17-13-3-1-4-14(9-13)21-10-15(20)19-8-2-5-16(12-19)6-7-18-11-16/h1,3-4,9,18H,2,5-8,10-12H2/t16-/m0/s1. The van der Waals surface area contributed by atoms with Crippen molar-refractivity contribution in [3.05, 3.63) is 29.3 Å². The Hall–Kier alpha value is -1.26. The fourth-order valence-electron chi connectivity index (χ4n) is 3.36. The summed E-state index contributed by atoms with van der Waals surface area (Å²) in [7, 11) is 0. The first-order valence-corrected chi connectivity index (χ1v) is 7.92. The van der Waals surface area contributed by atoms with E-state index in [9.17, 15) is 4.79 Å². The Morgan fingerprint density at radius 2 is 2.33 bits per heavy atom. The first-order chi connectivity index (χ1) is 10.2. The number of hydrogen-bond donors (Lipinski definition) is 1. The van der Waals surface area contributed by atoms with E-state index in [1.54, 1.807) is 12.1 Å². The van der Waals surface area contributed by atoms with Crippen LogP contribution in [0.15, 0.2) is 24.3 Å². The van der Waals surface area contributed by atoms with E-state index in [1.807, 2.05) is 17.0 Å². The van der Waals surface area contributed by atoms with Gasteiger partial charge < -0.3 is 15.0 Å². The molecule has 2 aliphatic heterocycles. The fraction of sp³-hybridized carbons (Fsp3) is 0.562. The number of nitrogens with zero attached hydrogens (tertiary/aromatic N) is 1. The van der Waals surface area contributed by atoms with Crippen molar-refractivity contribution in [2.24, 2.45) is 5.41 Å². The third kappa shape index (κ3) is 3.50. The van der Waals surface area contributed by atoms with E-state index in [1.165, 1.54) is 12.8 Å². The van der Waals surface area contributed by atoms with Crippen LogP contribution in [0, 0.1) is 5.41 Å². The van der Waals surface area contributed by atoms with E-state index in [0.717, 1.165) is 32.6 Å². The van der Waals surface area contributed by atoms with Gasteiger partial charge in [-0.3, -0.25) is 4.79 Å². The minimum atomic E-state index is 0.0703. The van der Waals surface area contributed by atoms with Crippen molar-refractivity contribution in [1.82, 2.24) is 10.2 Å². The quantitative estimate of drug-likeness (QED) is 0.932. The predicted molar refractivity (Wildman–Crippen MR) is 82.7 cm³/mol. The maximum Gasteiger partial charge on any atom is 0.260 e. The summed E-state index contributed by atoms with van der Waals surface area (Å²) in [6.07, 6.45) is 3.48. The largest absolute Gasteiger partial charge is 0.484 e. The number of rotatable bonds is 3. The molecular formula is C16H21ClN2O2. The Morgan fingerprint density at radius 1 is 1.43 bits per heavy atom. The van der Waals surface area contributed by atoms with Gasteiger partial charge in [0.1, 0.15) is 5.75 Å². The average Bonchev–Trinajstić information content (AvgIpc) is 2.93. The van der Waals surface area contributed by atoms with Crippen molar-refractivity contribution in [3.8, 4) is 5.75 Å². The van der Waals surface area contributed by atoms with Gasteiger partial charge in [-0.2, -0.15) is 0 Å². The van der Waals surface area contributed by atoms with Crippen molar-refractivity contribution in [1.29, 1.82) is 0 Å². The molecule has 1 aromatic rings. The van der Waals surface area contributed by atoms with Crippen LogP contribution in [0.1, 0.15) is 19.3 Å². The van der Waals surface area contributed by atoms with E-state index >= 15 is 0 Å². The number of carbonyl (C=O) groups is 1. The summed E-state index contributed by atoms with van der Waals surface area (Å²) >= 11 is 5.91. The minimum absolute atomic E-state index is 0.0703. The molecule has 5 heteroatoms. The van der Waals surface area contributed by atoms with Crippen LogP contribution in [0.3, 0.4) is 0 Å². The Balaban J connectivity index is 1.55. The van der Waals surface area contributed by atoms with Gasteiger partial charge in [-0.15, -0.1) is 0 Å². The van der Waals surface area contributed by atoms with Crippen LogP contribution in [-0.2, 0) is 4.79 Å². The molecule has 2 aliphatic rings. The summed E-state index contributed by atoms with van der Waals surface area (Å²) in [6, 6.07) is 7.16. The lowest BCUT2D eigenvalue weighted by Crippen LogP contribution is -2.48. The Labute approximate surface area is 130 Å². The van der Waals surface area contributed by atoms with Gasteiger partial charge in [-0.05, 0) is 44.0 Å². The monoisotopic (exact) mass is 308 g/mol. The van der Waals surface area contributed by atoms with Gasteiger partial charge in [0.05, 0.1) is 0 Å². The molecule has 1 atom stereocenters. The Bertz CT molecular complexity index is 515. The summed E-state index contributed by atoms with van der Waals surface area (Å²) in [5.74, 6) is 0.714. The molecule has 1 N–H and O–H groups in total. The number of hydrogen-bond acceptors (Lipinski definition) is 3. The van der Waals surface area contributed by atoms with Crippen molar-refractivity contribution < 1.29 is 9.53 Å². The zero-order valence-corrected chi connectivity index (χ0v) is 12.9. The van der Waals surface area contributed by atoms with Crippen LogP contribution < -0.4 is 10.1 Å². The molecule has 1 amide bonds. The van der Waals surface area contributed by atoms with Gasteiger partial charge in [0.25, 0.3) is 5.91 Å². The second-order valence-corrected chi connectivity index (χ2v) is 6.53. The number of nitrogens with one attached hydrogen (secondary N) is 1. The number of benzene rings is 1. The molecule has 3 rings (SSSR count). The summed E-state index contributed by atoms with van der Waals surface area (Å²) < 4.78 is 5.56. The van der Waals surface area contributed by atoms with Crippen molar-refractivity contribution >= 4 is 17.5 Å². The van der Waals surface area contributed by atoms with Crippen molar-refractivity contribution in [3.63, 3.8) is 0 Å². The molecule has 4 nitrogen and oxygen atoms in total. The molecule has 0 saturated carbocycles. The second kappa shape index (κ2) is 6.24. The average molecular weight is 309 g/mol. The Morgan fingerprint density at radius 3 is 3.10 bits per heavy atom. The van der Waals surface area contributed by atoms with Crippen molar-refractivity contribution in [2.45, 2.75) is 19.3 Å². The maximum atomic E-state index is 12.3. The van der Waals surface area contributed by atoms with Crippen LogP contribution >= 0.6 is 11.6 Å². The molecule has 0 unspecified atom stereocenters. The highest BCUT2D eigenvalue weighted by Gasteiger charge is 2.39. The summed E-state index contributed by atoms with van der Waals surface area (Å²) in [4.78, 5) is 14.3. The van der Waals surface area contributed by atoms with Gasteiger partial charge >= 0.3 is 0 Å². The summed E-state index contributed by atoms with van der Waals surface area (Å²) in [6.45, 7) is 3.90. The molecule has 0 radical (unpaired) electrons. The predicted octanol–water partition coefficient (Wildman–Crippen LogP) is 2.32. The van der Waals surface area contributed by atoms with Crippen LogP contribution in [0.25, 0.3) is 0 Å². The maximum absolute atomic E-state index is 12.3. The molecule has 0 aromatic heterocycles. The minimum Gasteiger partial charge on any atom is -0.484 e. The van der Waals surface area contributed by atoms with Gasteiger partial charge in [-0.25, -0.2) is 0 Å². The highest BCUT2D eigenvalue weighted by atomic mass is 35.5. The molecule has 0 aliphatic carbocycles. The molecule has 0 bridgehead atoms. The first-order valence-electron chi connectivity index (χ1n) is 7.54. The van der Waals surface area contributed by atoms with Crippen LogP contribution in [0.5, 0.6) is 5.75 Å². The lowest BCUT2D eigenvalue weighted by atomic mass is 9.79. The van der Waals surface area contributed by atoms with Gasteiger partial charge in [-0.1, -0.05) is 17.7 Å². The molecular weight excluding hydrogens is 288 g/mol. The van der Waals surface area contributed by atoms with E-state index in [4.69, 9.17) is 16.3 Å². The number of carbonyl (C=O) groups excluding carboxylic acids is 1. The van der Waals surface area contributed by atoms with E-state index in [0.29, 0.717) is 16.2 Å². The number of halogens is 1. The first kappa shape index (κ1) is 14.7. The van der Waals surface area contributed by atoms with E-state index in [-0.39, 0.29) is 12.5 Å². The summed E-state index contributed by atoms with van der Waals surface area (Å²) in [5.41, 5.74) is 0.296. The number of likely N-dealkylation sites (tertiary alicyclic amines) is 1. The van der Waals surface area contributed by atoms with E-state index < -0.39 is 0 Å². The highest BCUT2D eigenvalue weighted by Crippen LogP contribution is 2.35. The fourth-order valence-corrected chi connectivity index (χ4v) is 3.54. The third-order valence-corrected chi connectivity index (χ3v) is 4.74. The number of piperidine rings is 1. The number of ether oxygens (including phenoxy) is 1. The number of amides is 1. The molecule has 2 heterocycles. The van der Waals surface area contributed by atoms with Crippen LogP contribution in [0.4, 0.5) is 0 Å². The summed E-state index contributed by atoms with van der Waals surface area (Å²) in [5, 5.41) is 4.04. The molecule has 114 valence electrons. The van der Waals surface area contributed by atoms with Gasteiger partial charge in [0.15, 0.2) is 6.61 Å². The van der Waals surface area contributed by atoms with Crippen molar-refractivity contribution in [2.75, 3.05) is 32.8 Å². The van der Waals surface area contributed by atoms with E-state index in [2.05, 4.69) is 5.32 Å². The highest BCUT2D eigenvalue weighted by molar-refractivity contribution is 6.30. The molecule has 21 heavy (non-hydrogen) atoms. The normalized spacial score (nSPS) is 25.3. The Kier molecular flexibility index (Phi) is 4.36. The molecule has 1 spiro atoms. The molecule has 1 aromatic carbocycles. The zero-order valence-electron chi connectivity index (χ0n) is 12.1. The topological polar surface area (TPSA) is 41.6 Å². The third-order valence-electron chi connectivity index (χ3n) is 4.50. The molecule has 2 fully saturated rings. The van der Waals surface area contributed by atoms with Gasteiger partial charge in [0, 0.05) is 30.1 Å². The molecule has 2 saturated heterocycles. The lowest BCUT2D eigenvalue weighted by Gasteiger charge is -2.40. The second-order valence-electron chi connectivity index (χ2n) is 6.09. The zero-order chi connectivity index (χ0) is 14.7. The lowest BCUT2D eigenvalue weighted by molar-refractivity contribution is -0.136.